The first kappa shape index (κ1) is 29.6. The fourth-order valence-electron chi connectivity index (χ4n) is 5.65. The number of ether oxygens (including phenoxy) is 1. The first-order valence-corrected chi connectivity index (χ1v) is 14.9. The van der Waals surface area contributed by atoms with Gasteiger partial charge in [-0.05, 0) is 66.6 Å². The molecule has 42 heavy (non-hydrogen) atoms. The molecule has 0 saturated heterocycles. The summed E-state index contributed by atoms with van der Waals surface area (Å²) in [4.78, 5) is 25.0. The fraction of sp³-hybridized carbons (Fsp3) is 0.394. The lowest BCUT2D eigenvalue weighted by molar-refractivity contribution is 0.184. The Morgan fingerprint density at radius 3 is 2.50 bits per heavy atom. The number of halogens is 1. The topological polar surface area (TPSA) is 85.2 Å². The molecule has 4 aromatic rings. The number of urea groups is 1. The van der Waals surface area contributed by atoms with Crippen LogP contribution in [0.3, 0.4) is 0 Å². The Balaban J connectivity index is 1.46. The van der Waals surface area contributed by atoms with Crippen LogP contribution in [0.1, 0.15) is 57.6 Å². The molecule has 1 N–H and O–H groups in total. The normalized spacial score (nSPS) is 13.8. The summed E-state index contributed by atoms with van der Waals surface area (Å²) >= 11 is 6.49. The number of hydrogen-bond acceptors (Lipinski definition) is 5. The predicted octanol–water partition coefficient (Wildman–Crippen LogP) is 7.75. The quantitative estimate of drug-likeness (QED) is 0.228. The number of aromatic nitrogens is 4. The first-order chi connectivity index (χ1) is 20.2. The van der Waals surface area contributed by atoms with Crippen molar-refractivity contribution in [2.75, 3.05) is 19.0 Å². The van der Waals surface area contributed by atoms with Crippen LogP contribution in [-0.4, -0.2) is 50.4 Å². The number of anilines is 1. The Labute approximate surface area is 253 Å². The third-order valence-electron chi connectivity index (χ3n) is 7.91. The molecule has 0 radical (unpaired) electrons. The number of nitrogens with one attached hydrogen (secondary N) is 1. The lowest BCUT2D eigenvalue weighted by Crippen LogP contribution is -2.44. The van der Waals surface area contributed by atoms with Gasteiger partial charge < -0.3 is 15.0 Å². The summed E-state index contributed by atoms with van der Waals surface area (Å²) in [5.74, 6) is 1.86. The molecule has 0 bridgehead atoms. The summed E-state index contributed by atoms with van der Waals surface area (Å²) in [5.41, 5.74) is 4.65. The van der Waals surface area contributed by atoms with E-state index in [-0.39, 0.29) is 17.5 Å². The Kier molecular flexibility index (Phi) is 8.82. The molecule has 2 aromatic carbocycles. The minimum Gasteiger partial charge on any atom is -0.495 e. The van der Waals surface area contributed by atoms with E-state index in [1.54, 1.807) is 19.5 Å². The molecule has 2 heterocycles. The molecule has 9 heteroatoms. The van der Waals surface area contributed by atoms with E-state index in [1.807, 2.05) is 52.9 Å². The first-order valence-electron chi connectivity index (χ1n) is 14.5. The van der Waals surface area contributed by atoms with Crippen LogP contribution in [0.25, 0.3) is 22.8 Å². The molecule has 220 valence electrons. The van der Waals surface area contributed by atoms with E-state index in [0.717, 1.165) is 53.6 Å². The molecule has 1 saturated carbocycles. The SMILES string of the molecule is COc1ccc(-c2nc(-c3ccncc3)nn2CCN(C(=O)Nc2c(C)cccc2C(C)(C)C)C2CCCC2)cc1Cl. The van der Waals surface area contributed by atoms with Crippen molar-refractivity contribution in [1.29, 1.82) is 0 Å². The number of aryl methyl sites for hydroxylation is 1. The number of methoxy groups -OCH3 is 1. The second-order valence-corrected chi connectivity index (χ2v) is 12.3. The van der Waals surface area contributed by atoms with Crippen LogP contribution in [-0.2, 0) is 12.0 Å². The molecular formula is C33H39ClN6O2. The highest BCUT2D eigenvalue weighted by molar-refractivity contribution is 6.32. The number of rotatable bonds is 8. The van der Waals surface area contributed by atoms with Crippen molar-refractivity contribution >= 4 is 23.3 Å². The van der Waals surface area contributed by atoms with Crippen molar-refractivity contribution in [3.8, 4) is 28.5 Å². The number of amides is 2. The molecule has 5 rings (SSSR count). The highest BCUT2D eigenvalue weighted by Gasteiger charge is 2.29. The number of pyridine rings is 1. The van der Waals surface area contributed by atoms with Gasteiger partial charge >= 0.3 is 6.03 Å². The number of para-hydroxylation sites is 1. The number of carbonyl (C=O) groups excluding carboxylic acids is 1. The average Bonchev–Trinajstić information content (AvgIpc) is 3.65. The molecular weight excluding hydrogens is 548 g/mol. The van der Waals surface area contributed by atoms with Gasteiger partial charge in [-0.3, -0.25) is 4.98 Å². The van der Waals surface area contributed by atoms with Gasteiger partial charge in [0.05, 0.1) is 18.7 Å². The van der Waals surface area contributed by atoms with E-state index in [2.05, 4.69) is 43.2 Å². The van der Waals surface area contributed by atoms with Crippen LogP contribution < -0.4 is 10.1 Å². The molecule has 2 aromatic heterocycles. The lowest BCUT2D eigenvalue weighted by atomic mass is 9.84. The van der Waals surface area contributed by atoms with Crippen molar-refractivity contribution in [1.82, 2.24) is 24.6 Å². The van der Waals surface area contributed by atoms with Crippen molar-refractivity contribution in [2.24, 2.45) is 0 Å². The van der Waals surface area contributed by atoms with Crippen molar-refractivity contribution in [3.05, 3.63) is 77.1 Å². The monoisotopic (exact) mass is 586 g/mol. The molecule has 2 amide bonds. The number of benzene rings is 2. The summed E-state index contributed by atoms with van der Waals surface area (Å²) in [5, 5.41) is 8.67. The van der Waals surface area contributed by atoms with Gasteiger partial charge in [-0.15, -0.1) is 0 Å². The minimum atomic E-state index is -0.106. The lowest BCUT2D eigenvalue weighted by Gasteiger charge is -2.31. The maximum absolute atomic E-state index is 14.0. The van der Waals surface area contributed by atoms with Gasteiger partial charge in [-0.25, -0.2) is 14.5 Å². The zero-order valence-electron chi connectivity index (χ0n) is 25.0. The van der Waals surface area contributed by atoms with E-state index in [0.29, 0.717) is 35.5 Å². The maximum atomic E-state index is 14.0. The highest BCUT2D eigenvalue weighted by Crippen LogP contribution is 2.34. The molecule has 0 aliphatic heterocycles. The summed E-state index contributed by atoms with van der Waals surface area (Å²) in [6, 6.07) is 15.7. The second-order valence-electron chi connectivity index (χ2n) is 11.9. The van der Waals surface area contributed by atoms with Crippen LogP contribution >= 0.6 is 11.6 Å². The molecule has 0 unspecified atom stereocenters. The second kappa shape index (κ2) is 12.5. The number of nitrogens with zero attached hydrogens (tertiary/aromatic N) is 5. The third kappa shape index (κ3) is 6.44. The Morgan fingerprint density at radius 2 is 1.83 bits per heavy atom. The van der Waals surface area contributed by atoms with Crippen molar-refractivity contribution in [3.63, 3.8) is 0 Å². The van der Waals surface area contributed by atoms with Gasteiger partial charge in [-0.2, -0.15) is 5.10 Å². The largest absolute Gasteiger partial charge is 0.495 e. The number of hydrogen-bond donors (Lipinski definition) is 1. The average molecular weight is 587 g/mol. The van der Waals surface area contributed by atoms with E-state index in [1.165, 1.54) is 0 Å². The van der Waals surface area contributed by atoms with Crippen LogP contribution in [0.2, 0.25) is 5.02 Å². The van der Waals surface area contributed by atoms with Gasteiger partial charge in [0.15, 0.2) is 11.6 Å². The van der Waals surface area contributed by atoms with Gasteiger partial charge in [0.1, 0.15) is 5.75 Å². The minimum absolute atomic E-state index is 0.0785. The highest BCUT2D eigenvalue weighted by atomic mass is 35.5. The smallest absolute Gasteiger partial charge is 0.322 e. The Morgan fingerprint density at radius 1 is 1.10 bits per heavy atom. The van der Waals surface area contributed by atoms with E-state index in [9.17, 15) is 4.79 Å². The number of carbonyl (C=O) groups is 1. The van der Waals surface area contributed by atoms with Gasteiger partial charge in [0.2, 0.25) is 0 Å². The van der Waals surface area contributed by atoms with Gasteiger partial charge in [0.25, 0.3) is 0 Å². The zero-order chi connectivity index (χ0) is 29.9. The fourth-order valence-corrected chi connectivity index (χ4v) is 5.90. The molecule has 0 spiro atoms. The molecule has 0 atom stereocenters. The summed E-state index contributed by atoms with van der Waals surface area (Å²) < 4.78 is 7.23. The molecule has 1 fully saturated rings. The van der Waals surface area contributed by atoms with Crippen LogP contribution in [0.15, 0.2) is 60.9 Å². The van der Waals surface area contributed by atoms with E-state index < -0.39 is 0 Å². The third-order valence-corrected chi connectivity index (χ3v) is 8.21. The molecule has 1 aliphatic rings. The van der Waals surface area contributed by atoms with Crippen LogP contribution in [0.4, 0.5) is 10.5 Å². The zero-order valence-corrected chi connectivity index (χ0v) is 25.8. The Bertz CT molecular complexity index is 1540. The summed E-state index contributed by atoms with van der Waals surface area (Å²) in [6.07, 6.45) is 7.68. The van der Waals surface area contributed by atoms with E-state index in [4.69, 9.17) is 26.4 Å². The Hall–Kier alpha value is -3.91. The molecule has 8 nitrogen and oxygen atoms in total. The molecule has 1 aliphatic carbocycles. The standard InChI is InChI=1S/C33H39ClN6O2/c1-22-9-8-12-26(33(2,3)4)29(22)36-32(41)39(25-10-6-7-11-25)19-20-40-31(24-13-14-28(42-5)27(34)21-24)37-30(38-40)23-15-17-35-18-16-23/h8-9,12-18,21,25H,6-7,10-11,19-20H2,1-5H3,(H,36,41). The predicted molar refractivity (Wildman–Crippen MR) is 168 cm³/mol. The van der Waals surface area contributed by atoms with Gasteiger partial charge in [-0.1, -0.05) is 63.4 Å². The summed E-state index contributed by atoms with van der Waals surface area (Å²) in [7, 11) is 1.59. The van der Waals surface area contributed by atoms with Crippen LogP contribution in [0.5, 0.6) is 5.75 Å². The van der Waals surface area contributed by atoms with Crippen molar-refractivity contribution < 1.29 is 9.53 Å². The van der Waals surface area contributed by atoms with Crippen LogP contribution in [0, 0.1) is 6.92 Å². The maximum Gasteiger partial charge on any atom is 0.322 e. The van der Waals surface area contributed by atoms with Gasteiger partial charge in [0, 0.05) is 41.8 Å². The van der Waals surface area contributed by atoms with Crippen molar-refractivity contribution in [2.45, 2.75) is 71.4 Å². The van der Waals surface area contributed by atoms with E-state index >= 15 is 0 Å². The summed E-state index contributed by atoms with van der Waals surface area (Å²) in [6.45, 7) is 9.52.